The number of carbonyl (C=O) groups excluding carboxylic acids is 2. The lowest BCUT2D eigenvalue weighted by molar-refractivity contribution is -0.127. The van der Waals surface area contributed by atoms with Gasteiger partial charge in [-0.1, -0.05) is 0 Å². The van der Waals surface area contributed by atoms with Crippen LogP contribution in [0.25, 0.3) is 10.6 Å². The maximum Gasteiger partial charge on any atom is 0.229 e. The third kappa shape index (κ3) is 3.01. The second-order valence-electron chi connectivity index (χ2n) is 5.54. The maximum atomic E-state index is 12.2. The summed E-state index contributed by atoms with van der Waals surface area (Å²) in [5, 5.41) is 5.86. The predicted molar refractivity (Wildman–Crippen MR) is 86.7 cm³/mol. The Bertz CT molecular complexity index is 708. The summed E-state index contributed by atoms with van der Waals surface area (Å²) < 4.78 is 0. The number of amides is 2. The number of aryl methyl sites for hydroxylation is 1. The van der Waals surface area contributed by atoms with Gasteiger partial charge in [0.25, 0.3) is 0 Å². The highest BCUT2D eigenvalue weighted by atomic mass is 32.1. The van der Waals surface area contributed by atoms with Crippen LogP contribution in [0.4, 0.5) is 5.69 Å². The van der Waals surface area contributed by atoms with Crippen LogP contribution in [0.1, 0.15) is 12.1 Å². The van der Waals surface area contributed by atoms with E-state index < -0.39 is 0 Å². The lowest BCUT2D eigenvalue weighted by Crippen LogP contribution is -2.25. The lowest BCUT2D eigenvalue weighted by atomic mass is 10.1. The zero-order valence-corrected chi connectivity index (χ0v) is 13.3. The number of nitrogens with zero attached hydrogens (tertiary/aromatic N) is 2. The Morgan fingerprint density at radius 3 is 2.64 bits per heavy atom. The van der Waals surface area contributed by atoms with Crippen molar-refractivity contribution in [2.45, 2.75) is 13.3 Å². The minimum atomic E-state index is -0.265. The van der Waals surface area contributed by atoms with Gasteiger partial charge in [-0.15, -0.1) is 11.3 Å². The molecule has 2 aromatic rings. The van der Waals surface area contributed by atoms with E-state index in [0.29, 0.717) is 13.0 Å². The Morgan fingerprint density at radius 1 is 1.36 bits per heavy atom. The number of aromatic nitrogens is 1. The van der Waals surface area contributed by atoms with Crippen LogP contribution in [0.3, 0.4) is 0 Å². The standard InChI is InChI=1S/C16H17N3O2S/c1-10-9-22-16(17-10)11-3-5-13(6-4-11)18-15(21)12-7-14(20)19(2)8-12/h3-6,9,12H,7-8H2,1-2H3,(H,18,21)/t12-/m1/s1. The van der Waals surface area contributed by atoms with Crippen LogP contribution in [0.2, 0.25) is 0 Å². The van der Waals surface area contributed by atoms with Crippen molar-refractivity contribution in [3.63, 3.8) is 0 Å². The van der Waals surface area contributed by atoms with Gasteiger partial charge in [0.1, 0.15) is 5.01 Å². The SMILES string of the molecule is Cc1csc(-c2ccc(NC(=O)[C@@H]3CC(=O)N(C)C3)cc2)n1. The van der Waals surface area contributed by atoms with Gasteiger partial charge in [-0.3, -0.25) is 9.59 Å². The second kappa shape index (κ2) is 5.88. The van der Waals surface area contributed by atoms with E-state index in [-0.39, 0.29) is 17.7 Å². The van der Waals surface area contributed by atoms with Crippen LogP contribution < -0.4 is 5.32 Å². The molecule has 1 atom stereocenters. The van der Waals surface area contributed by atoms with E-state index in [2.05, 4.69) is 10.3 Å². The average molecular weight is 315 g/mol. The van der Waals surface area contributed by atoms with Crippen molar-refractivity contribution >= 4 is 28.8 Å². The van der Waals surface area contributed by atoms with Gasteiger partial charge in [-0.05, 0) is 31.2 Å². The molecule has 0 aliphatic carbocycles. The molecule has 0 bridgehead atoms. The molecule has 0 saturated carbocycles. The molecular weight excluding hydrogens is 298 g/mol. The fourth-order valence-corrected chi connectivity index (χ4v) is 3.27. The maximum absolute atomic E-state index is 12.2. The van der Waals surface area contributed by atoms with Gasteiger partial charge in [0.05, 0.1) is 5.92 Å². The van der Waals surface area contributed by atoms with Crippen LogP contribution in [-0.2, 0) is 9.59 Å². The molecule has 1 saturated heterocycles. The number of anilines is 1. The second-order valence-corrected chi connectivity index (χ2v) is 6.39. The molecule has 1 N–H and O–H groups in total. The van der Waals surface area contributed by atoms with Crippen LogP contribution in [0.5, 0.6) is 0 Å². The summed E-state index contributed by atoms with van der Waals surface area (Å²) in [6.07, 6.45) is 0.290. The monoisotopic (exact) mass is 315 g/mol. The van der Waals surface area contributed by atoms with Crippen LogP contribution in [0, 0.1) is 12.8 Å². The molecule has 6 heteroatoms. The third-order valence-corrected chi connectivity index (χ3v) is 4.74. The number of carbonyl (C=O) groups is 2. The summed E-state index contributed by atoms with van der Waals surface area (Å²) in [5.74, 6) is -0.344. The van der Waals surface area contributed by atoms with Crippen LogP contribution in [0.15, 0.2) is 29.6 Å². The quantitative estimate of drug-likeness (QED) is 0.947. The van der Waals surface area contributed by atoms with Crippen molar-refractivity contribution in [1.82, 2.24) is 9.88 Å². The number of benzene rings is 1. The van der Waals surface area contributed by atoms with Crippen molar-refractivity contribution < 1.29 is 9.59 Å². The average Bonchev–Trinajstić information content (AvgIpc) is 3.07. The first-order valence-electron chi connectivity index (χ1n) is 7.10. The number of likely N-dealkylation sites (tertiary alicyclic amines) is 1. The highest BCUT2D eigenvalue weighted by Gasteiger charge is 2.32. The molecule has 1 aliphatic rings. The zero-order chi connectivity index (χ0) is 15.7. The van der Waals surface area contributed by atoms with E-state index in [0.717, 1.165) is 22.0 Å². The Balaban J connectivity index is 1.66. The van der Waals surface area contributed by atoms with Crippen LogP contribution in [-0.4, -0.2) is 35.3 Å². The first-order chi connectivity index (χ1) is 10.5. The Kier molecular flexibility index (Phi) is 3.94. The van der Waals surface area contributed by atoms with Crippen molar-refractivity contribution in [2.75, 3.05) is 18.9 Å². The van der Waals surface area contributed by atoms with Gasteiger partial charge in [-0.25, -0.2) is 4.98 Å². The highest BCUT2D eigenvalue weighted by molar-refractivity contribution is 7.13. The molecule has 1 aromatic carbocycles. The van der Waals surface area contributed by atoms with Gasteiger partial charge < -0.3 is 10.2 Å². The summed E-state index contributed by atoms with van der Waals surface area (Å²) in [7, 11) is 1.72. The number of hydrogen-bond acceptors (Lipinski definition) is 4. The van der Waals surface area contributed by atoms with E-state index in [1.165, 1.54) is 0 Å². The van der Waals surface area contributed by atoms with Gasteiger partial charge in [0.15, 0.2) is 0 Å². The molecule has 3 rings (SSSR count). The molecule has 0 spiro atoms. The fourth-order valence-electron chi connectivity index (χ4n) is 2.47. The van der Waals surface area contributed by atoms with E-state index in [1.807, 2.05) is 36.6 Å². The van der Waals surface area contributed by atoms with E-state index in [4.69, 9.17) is 0 Å². The van der Waals surface area contributed by atoms with Gasteiger partial charge in [-0.2, -0.15) is 0 Å². The van der Waals surface area contributed by atoms with Crippen molar-refractivity contribution in [3.8, 4) is 10.6 Å². The fraction of sp³-hybridized carbons (Fsp3) is 0.312. The van der Waals surface area contributed by atoms with Gasteiger partial charge >= 0.3 is 0 Å². The molecule has 114 valence electrons. The molecule has 1 aliphatic heterocycles. The van der Waals surface area contributed by atoms with E-state index in [1.54, 1.807) is 23.3 Å². The first kappa shape index (κ1) is 14.7. The summed E-state index contributed by atoms with van der Waals surface area (Å²) in [6.45, 7) is 2.45. The minimum absolute atomic E-state index is 0.0228. The summed E-state index contributed by atoms with van der Waals surface area (Å²) in [6, 6.07) is 7.62. The third-order valence-electron chi connectivity index (χ3n) is 3.73. The van der Waals surface area contributed by atoms with Crippen molar-refractivity contribution in [1.29, 1.82) is 0 Å². The Morgan fingerprint density at radius 2 is 2.09 bits per heavy atom. The number of rotatable bonds is 3. The topological polar surface area (TPSA) is 62.3 Å². The molecule has 5 nitrogen and oxygen atoms in total. The first-order valence-corrected chi connectivity index (χ1v) is 7.98. The molecule has 2 amide bonds. The molecule has 0 unspecified atom stereocenters. The number of nitrogens with one attached hydrogen (secondary N) is 1. The highest BCUT2D eigenvalue weighted by Crippen LogP contribution is 2.25. The Hall–Kier alpha value is -2.21. The molecule has 0 radical (unpaired) electrons. The molecule has 2 heterocycles. The smallest absolute Gasteiger partial charge is 0.229 e. The predicted octanol–water partition coefficient (Wildman–Crippen LogP) is 2.54. The lowest BCUT2D eigenvalue weighted by Gasteiger charge is -2.11. The minimum Gasteiger partial charge on any atom is -0.345 e. The normalized spacial score (nSPS) is 17.8. The van der Waals surface area contributed by atoms with Gasteiger partial charge in [0.2, 0.25) is 11.8 Å². The van der Waals surface area contributed by atoms with E-state index in [9.17, 15) is 9.59 Å². The Labute approximate surface area is 133 Å². The molecule has 22 heavy (non-hydrogen) atoms. The molecule has 1 aromatic heterocycles. The largest absolute Gasteiger partial charge is 0.345 e. The summed E-state index contributed by atoms with van der Waals surface area (Å²) in [4.78, 5) is 29.7. The van der Waals surface area contributed by atoms with Crippen molar-refractivity contribution in [2.24, 2.45) is 5.92 Å². The summed E-state index contributed by atoms with van der Waals surface area (Å²) in [5.41, 5.74) is 2.78. The molecular formula is C16H17N3O2S. The van der Waals surface area contributed by atoms with Crippen LogP contribution >= 0.6 is 11.3 Å². The van der Waals surface area contributed by atoms with Crippen molar-refractivity contribution in [3.05, 3.63) is 35.3 Å². The number of hydrogen-bond donors (Lipinski definition) is 1. The summed E-state index contributed by atoms with van der Waals surface area (Å²) >= 11 is 1.60. The zero-order valence-electron chi connectivity index (χ0n) is 12.5. The van der Waals surface area contributed by atoms with E-state index >= 15 is 0 Å². The van der Waals surface area contributed by atoms with Gasteiger partial charge in [0, 0.05) is 42.3 Å². The number of thiazole rings is 1. The molecule has 1 fully saturated rings.